The number of allylic oxidation sites excluding steroid dienone is 2. The second-order valence-electron chi connectivity index (χ2n) is 8.48. The van der Waals surface area contributed by atoms with Gasteiger partial charge in [-0.15, -0.1) is 24.0 Å². The molecule has 26 heavy (non-hydrogen) atoms. The van der Waals surface area contributed by atoms with Crippen LogP contribution in [-0.2, 0) is 9.59 Å². The number of likely N-dealkylation sites (tertiary alicyclic amines) is 1. The molecule has 0 radical (unpaired) electrons. The second-order valence-corrected chi connectivity index (χ2v) is 8.48. The van der Waals surface area contributed by atoms with E-state index in [2.05, 4.69) is 41.6 Å². The number of hydrogen-bond donors (Lipinski definition) is 2. The molecule has 0 aromatic carbocycles. The molecule has 0 spiro atoms. The Kier molecular flexibility index (Phi) is 5.38. The van der Waals surface area contributed by atoms with E-state index in [4.69, 9.17) is 0 Å². The van der Waals surface area contributed by atoms with E-state index in [1.165, 1.54) is 4.90 Å². The lowest BCUT2D eigenvalue weighted by atomic mass is 9.85. The van der Waals surface area contributed by atoms with Crippen LogP contribution < -0.4 is 10.6 Å². The van der Waals surface area contributed by atoms with Crippen molar-refractivity contribution in [3.63, 3.8) is 0 Å². The molecule has 0 aromatic heterocycles. The van der Waals surface area contributed by atoms with Crippen molar-refractivity contribution >= 4 is 41.8 Å². The lowest BCUT2D eigenvalue weighted by molar-refractivity contribution is -0.140. The topological polar surface area (TPSA) is 73.8 Å². The van der Waals surface area contributed by atoms with Crippen molar-refractivity contribution in [1.82, 2.24) is 15.5 Å². The minimum absolute atomic E-state index is 0. The molecule has 1 saturated heterocycles. The molecule has 144 valence electrons. The Morgan fingerprint density at radius 2 is 1.81 bits per heavy atom. The maximum atomic E-state index is 12.7. The fourth-order valence-corrected chi connectivity index (χ4v) is 4.64. The summed E-state index contributed by atoms with van der Waals surface area (Å²) in [7, 11) is 0. The molecule has 1 heterocycles. The van der Waals surface area contributed by atoms with Gasteiger partial charge in [-0.1, -0.05) is 26.0 Å². The van der Waals surface area contributed by atoms with Gasteiger partial charge in [-0.3, -0.25) is 19.5 Å². The second kappa shape index (κ2) is 7.13. The van der Waals surface area contributed by atoms with Crippen LogP contribution >= 0.6 is 24.0 Å². The molecule has 4 aliphatic rings. The fourth-order valence-electron chi connectivity index (χ4n) is 4.64. The van der Waals surface area contributed by atoms with E-state index in [1.807, 2.05) is 6.92 Å². The van der Waals surface area contributed by atoms with Crippen LogP contribution in [0.3, 0.4) is 0 Å². The first-order valence-electron chi connectivity index (χ1n) is 9.51. The van der Waals surface area contributed by atoms with Crippen molar-refractivity contribution in [1.29, 1.82) is 0 Å². The Labute approximate surface area is 172 Å². The number of imide groups is 1. The van der Waals surface area contributed by atoms with Crippen LogP contribution in [0.5, 0.6) is 0 Å². The average Bonchev–Trinajstić information content (AvgIpc) is 2.94. The van der Waals surface area contributed by atoms with E-state index in [9.17, 15) is 9.59 Å². The van der Waals surface area contributed by atoms with Gasteiger partial charge in [0.05, 0.1) is 18.4 Å². The molecule has 3 fully saturated rings. The third-order valence-electron chi connectivity index (χ3n) is 6.32. The molecular weight excluding hydrogens is 443 g/mol. The zero-order valence-electron chi connectivity index (χ0n) is 15.7. The highest BCUT2D eigenvalue weighted by atomic mass is 127. The van der Waals surface area contributed by atoms with Gasteiger partial charge in [0, 0.05) is 19.1 Å². The Morgan fingerprint density at radius 3 is 2.31 bits per heavy atom. The van der Waals surface area contributed by atoms with E-state index in [0.29, 0.717) is 24.5 Å². The average molecular weight is 472 g/mol. The van der Waals surface area contributed by atoms with Crippen LogP contribution in [0.15, 0.2) is 17.1 Å². The van der Waals surface area contributed by atoms with Gasteiger partial charge in [0.15, 0.2) is 5.96 Å². The highest BCUT2D eigenvalue weighted by Gasteiger charge is 2.58. The summed E-state index contributed by atoms with van der Waals surface area (Å²) >= 11 is 0. The van der Waals surface area contributed by atoms with E-state index in [-0.39, 0.29) is 59.5 Å². The molecule has 1 aliphatic heterocycles. The molecule has 4 rings (SSSR count). The lowest BCUT2D eigenvalue weighted by Gasteiger charge is -2.17. The van der Waals surface area contributed by atoms with E-state index in [1.54, 1.807) is 0 Å². The molecule has 2 amide bonds. The monoisotopic (exact) mass is 472 g/mol. The van der Waals surface area contributed by atoms with Crippen molar-refractivity contribution in [2.75, 3.05) is 19.6 Å². The summed E-state index contributed by atoms with van der Waals surface area (Å²) in [6.07, 6.45) is 6.37. The number of nitrogens with zero attached hydrogens (tertiary/aromatic N) is 2. The maximum absolute atomic E-state index is 12.7. The van der Waals surface area contributed by atoms with E-state index >= 15 is 0 Å². The number of hydrogen-bond acceptors (Lipinski definition) is 3. The van der Waals surface area contributed by atoms with Gasteiger partial charge in [-0.2, -0.15) is 0 Å². The van der Waals surface area contributed by atoms with E-state index < -0.39 is 0 Å². The van der Waals surface area contributed by atoms with Crippen molar-refractivity contribution in [2.24, 2.45) is 34.1 Å². The number of guanidine groups is 1. The third-order valence-corrected chi connectivity index (χ3v) is 6.32. The van der Waals surface area contributed by atoms with Crippen LogP contribution in [-0.4, -0.2) is 48.3 Å². The number of carbonyl (C=O) groups excluding carboxylic acids is 2. The minimum atomic E-state index is -0.106. The zero-order chi connectivity index (χ0) is 17.8. The van der Waals surface area contributed by atoms with E-state index in [0.717, 1.165) is 25.3 Å². The summed E-state index contributed by atoms with van der Waals surface area (Å²) in [5, 5.41) is 6.68. The van der Waals surface area contributed by atoms with Crippen LogP contribution in [0, 0.1) is 29.1 Å². The van der Waals surface area contributed by atoms with Gasteiger partial charge in [0.2, 0.25) is 11.8 Å². The van der Waals surface area contributed by atoms with Gasteiger partial charge >= 0.3 is 0 Å². The van der Waals surface area contributed by atoms with Gasteiger partial charge < -0.3 is 10.6 Å². The van der Waals surface area contributed by atoms with Crippen molar-refractivity contribution < 1.29 is 9.59 Å². The Balaban J connectivity index is 0.00000196. The SMILES string of the molecule is CCNC(=NCCN1C(=O)C2C3C=CC(C3)C2C1=O)NC1CC1(C)C.I. The fraction of sp³-hybridized carbons (Fsp3) is 0.737. The maximum Gasteiger partial charge on any atom is 0.233 e. The molecule has 0 aromatic rings. The Bertz CT molecular complexity index is 630. The molecule has 7 heteroatoms. The summed E-state index contributed by atoms with van der Waals surface area (Å²) in [4.78, 5) is 31.3. The number of rotatable bonds is 5. The number of halogens is 1. The van der Waals surface area contributed by atoms with Crippen LogP contribution in [0.25, 0.3) is 0 Å². The minimum Gasteiger partial charge on any atom is -0.357 e. The summed E-state index contributed by atoms with van der Waals surface area (Å²) in [6.45, 7) is 8.12. The number of amides is 2. The molecule has 2 saturated carbocycles. The highest BCUT2D eigenvalue weighted by Crippen LogP contribution is 2.52. The summed E-state index contributed by atoms with van der Waals surface area (Å²) < 4.78 is 0. The molecule has 5 unspecified atom stereocenters. The first-order valence-corrected chi connectivity index (χ1v) is 9.51. The number of fused-ring (bicyclic) bond motifs is 5. The smallest absolute Gasteiger partial charge is 0.233 e. The number of nitrogens with one attached hydrogen (secondary N) is 2. The predicted molar refractivity (Wildman–Crippen MR) is 111 cm³/mol. The molecular formula is C19H29IN4O2. The Morgan fingerprint density at radius 1 is 1.23 bits per heavy atom. The van der Waals surface area contributed by atoms with Gasteiger partial charge in [0.1, 0.15) is 0 Å². The lowest BCUT2D eigenvalue weighted by Crippen LogP contribution is -2.41. The van der Waals surface area contributed by atoms with Crippen molar-refractivity contribution in [3.05, 3.63) is 12.2 Å². The largest absolute Gasteiger partial charge is 0.357 e. The van der Waals surface area contributed by atoms with Gasteiger partial charge in [0.25, 0.3) is 0 Å². The molecule has 2 N–H and O–H groups in total. The van der Waals surface area contributed by atoms with Crippen LogP contribution in [0.1, 0.15) is 33.6 Å². The quantitative estimate of drug-likeness (QED) is 0.210. The first kappa shape index (κ1) is 19.6. The standard InChI is InChI=1S/C19H28N4O2.HI/c1-4-20-18(22-13-10-19(13,2)3)21-7-8-23-16(24)14-11-5-6-12(9-11)15(14)17(23)25;/h5-6,11-15H,4,7-10H2,1-3H3,(H2,20,21,22);1H. The summed E-state index contributed by atoms with van der Waals surface area (Å²) in [5.74, 6) is 1.15. The van der Waals surface area contributed by atoms with Crippen LogP contribution in [0.4, 0.5) is 0 Å². The van der Waals surface area contributed by atoms with Crippen LogP contribution in [0.2, 0.25) is 0 Å². The first-order chi connectivity index (χ1) is 11.9. The molecule has 5 atom stereocenters. The van der Waals surface area contributed by atoms with Crippen molar-refractivity contribution in [2.45, 2.75) is 39.7 Å². The number of aliphatic imine (C=N–C) groups is 1. The molecule has 6 nitrogen and oxygen atoms in total. The van der Waals surface area contributed by atoms with Gasteiger partial charge in [-0.25, -0.2) is 0 Å². The highest BCUT2D eigenvalue weighted by molar-refractivity contribution is 14.0. The Hall–Kier alpha value is -1.12. The van der Waals surface area contributed by atoms with Gasteiger partial charge in [-0.05, 0) is 37.0 Å². The molecule has 3 aliphatic carbocycles. The summed E-state index contributed by atoms with van der Waals surface area (Å²) in [6, 6.07) is 0.446. The third kappa shape index (κ3) is 3.27. The van der Waals surface area contributed by atoms with Crippen molar-refractivity contribution in [3.8, 4) is 0 Å². The number of carbonyl (C=O) groups is 2. The predicted octanol–water partition coefficient (Wildman–Crippen LogP) is 1.77. The zero-order valence-corrected chi connectivity index (χ0v) is 18.0. The normalized spacial score (nSPS) is 36.2. The summed E-state index contributed by atoms with van der Waals surface area (Å²) in [5.41, 5.74) is 0.320. The molecule has 2 bridgehead atoms.